The molecule has 152 valence electrons. The van der Waals surface area contributed by atoms with Crippen LogP contribution in [0.25, 0.3) is 11.3 Å². The number of aryl methyl sites for hydroxylation is 2. The van der Waals surface area contributed by atoms with Crippen molar-refractivity contribution in [1.29, 1.82) is 5.26 Å². The fraction of sp³-hybridized carbons (Fsp3) is 0.217. The highest BCUT2D eigenvalue weighted by Gasteiger charge is 2.36. The number of aromatic nitrogens is 2. The Bertz CT molecular complexity index is 1180. The van der Waals surface area contributed by atoms with Gasteiger partial charge < -0.3 is 19.9 Å². The van der Waals surface area contributed by atoms with Crippen molar-refractivity contribution in [2.75, 3.05) is 14.2 Å². The minimum absolute atomic E-state index is 0.0370. The lowest BCUT2D eigenvalue weighted by atomic mass is 9.82. The number of methoxy groups -OCH3 is 2. The highest BCUT2D eigenvalue weighted by molar-refractivity contribution is 5.72. The second-order valence-corrected chi connectivity index (χ2v) is 7.19. The summed E-state index contributed by atoms with van der Waals surface area (Å²) >= 11 is 0. The first-order chi connectivity index (χ1) is 14.5. The zero-order valence-corrected chi connectivity index (χ0v) is 17.2. The lowest BCUT2D eigenvalue weighted by Gasteiger charge is -2.25. The topological polar surface area (TPSA) is 106 Å². The van der Waals surface area contributed by atoms with Crippen LogP contribution in [0.4, 0.5) is 0 Å². The fourth-order valence-corrected chi connectivity index (χ4v) is 3.69. The van der Waals surface area contributed by atoms with E-state index in [0.29, 0.717) is 23.0 Å². The molecule has 2 heterocycles. The number of fused-ring (bicyclic) bond motifs is 1. The molecule has 1 aromatic heterocycles. The molecular weight excluding hydrogens is 380 g/mol. The predicted molar refractivity (Wildman–Crippen MR) is 112 cm³/mol. The Morgan fingerprint density at radius 1 is 1.07 bits per heavy atom. The van der Waals surface area contributed by atoms with Crippen LogP contribution in [0, 0.1) is 25.2 Å². The van der Waals surface area contributed by atoms with E-state index in [1.165, 1.54) is 5.56 Å². The van der Waals surface area contributed by atoms with E-state index in [-0.39, 0.29) is 5.88 Å². The number of H-pyrrole nitrogens is 1. The van der Waals surface area contributed by atoms with Crippen molar-refractivity contribution in [1.82, 2.24) is 10.2 Å². The van der Waals surface area contributed by atoms with E-state index >= 15 is 0 Å². The molecule has 4 rings (SSSR count). The maximum absolute atomic E-state index is 9.89. The van der Waals surface area contributed by atoms with E-state index in [9.17, 15) is 5.26 Å². The number of nitriles is 1. The molecule has 1 aliphatic rings. The van der Waals surface area contributed by atoms with Crippen molar-refractivity contribution < 1.29 is 14.2 Å². The lowest BCUT2D eigenvalue weighted by molar-refractivity contribution is 0.377. The van der Waals surface area contributed by atoms with Gasteiger partial charge in [-0.25, -0.2) is 0 Å². The quantitative estimate of drug-likeness (QED) is 0.685. The Morgan fingerprint density at radius 3 is 2.37 bits per heavy atom. The van der Waals surface area contributed by atoms with Crippen molar-refractivity contribution >= 4 is 0 Å². The van der Waals surface area contributed by atoms with Gasteiger partial charge in [0.1, 0.15) is 23.1 Å². The summed E-state index contributed by atoms with van der Waals surface area (Å²) in [7, 11) is 3.17. The first kappa shape index (κ1) is 19.4. The maximum atomic E-state index is 9.89. The van der Waals surface area contributed by atoms with Gasteiger partial charge in [0.05, 0.1) is 31.4 Å². The Kier molecular flexibility index (Phi) is 4.84. The van der Waals surface area contributed by atoms with Crippen LogP contribution in [0.15, 0.2) is 47.9 Å². The van der Waals surface area contributed by atoms with Crippen molar-refractivity contribution in [3.05, 3.63) is 70.1 Å². The molecule has 0 spiro atoms. The highest BCUT2D eigenvalue weighted by Crippen LogP contribution is 2.47. The molecule has 3 aromatic rings. The summed E-state index contributed by atoms with van der Waals surface area (Å²) in [5.41, 5.74) is 12.0. The van der Waals surface area contributed by atoms with Crippen LogP contribution in [-0.2, 0) is 0 Å². The van der Waals surface area contributed by atoms with Crippen molar-refractivity contribution in [2.45, 2.75) is 19.8 Å². The third-order valence-electron chi connectivity index (χ3n) is 5.44. The molecule has 0 saturated carbocycles. The van der Waals surface area contributed by atoms with Gasteiger partial charge in [0, 0.05) is 11.6 Å². The van der Waals surface area contributed by atoms with Crippen LogP contribution >= 0.6 is 0 Å². The van der Waals surface area contributed by atoms with Crippen LogP contribution in [0.2, 0.25) is 0 Å². The van der Waals surface area contributed by atoms with E-state index in [4.69, 9.17) is 19.9 Å². The molecule has 0 unspecified atom stereocenters. The molecule has 2 aromatic carbocycles. The number of nitrogens with one attached hydrogen (secondary N) is 1. The molecule has 0 bridgehead atoms. The number of hydrogen-bond acceptors (Lipinski definition) is 6. The number of allylic oxidation sites excluding steroid dienone is 1. The number of rotatable bonds is 4. The average molecular weight is 402 g/mol. The lowest BCUT2D eigenvalue weighted by Crippen LogP contribution is -2.21. The minimum Gasteiger partial charge on any atom is -0.497 e. The summed E-state index contributed by atoms with van der Waals surface area (Å²) in [6.07, 6.45) is 0. The molecule has 1 aliphatic heterocycles. The summed E-state index contributed by atoms with van der Waals surface area (Å²) in [6.45, 7) is 4.12. The Morgan fingerprint density at radius 2 is 1.77 bits per heavy atom. The predicted octanol–water partition coefficient (Wildman–Crippen LogP) is 3.93. The first-order valence-corrected chi connectivity index (χ1v) is 9.43. The fourth-order valence-electron chi connectivity index (χ4n) is 3.69. The van der Waals surface area contributed by atoms with Gasteiger partial charge in [0.25, 0.3) is 0 Å². The molecular formula is C23H22N4O3. The van der Waals surface area contributed by atoms with Gasteiger partial charge >= 0.3 is 0 Å². The largest absolute Gasteiger partial charge is 0.497 e. The number of ether oxygens (including phenoxy) is 3. The van der Waals surface area contributed by atoms with E-state index in [1.807, 2.05) is 18.2 Å². The molecule has 7 heteroatoms. The van der Waals surface area contributed by atoms with Crippen molar-refractivity contribution in [2.24, 2.45) is 5.73 Å². The van der Waals surface area contributed by atoms with Crippen molar-refractivity contribution in [3.63, 3.8) is 0 Å². The van der Waals surface area contributed by atoms with E-state index < -0.39 is 5.92 Å². The second kappa shape index (κ2) is 7.48. The van der Waals surface area contributed by atoms with Gasteiger partial charge in [0.15, 0.2) is 0 Å². The third-order valence-corrected chi connectivity index (χ3v) is 5.44. The summed E-state index contributed by atoms with van der Waals surface area (Å²) in [5, 5.41) is 17.3. The summed E-state index contributed by atoms with van der Waals surface area (Å²) in [4.78, 5) is 0. The number of nitrogens with zero attached hydrogens (tertiary/aromatic N) is 2. The normalized spacial score (nSPS) is 15.2. The first-order valence-electron chi connectivity index (χ1n) is 9.43. The van der Waals surface area contributed by atoms with Crippen LogP contribution in [0.5, 0.6) is 17.4 Å². The number of benzene rings is 2. The average Bonchev–Trinajstić information content (AvgIpc) is 3.17. The van der Waals surface area contributed by atoms with E-state index in [1.54, 1.807) is 20.3 Å². The van der Waals surface area contributed by atoms with Crippen LogP contribution < -0.4 is 19.9 Å². The number of aromatic amines is 1. The molecule has 7 nitrogen and oxygen atoms in total. The number of nitrogens with two attached hydrogens (primary N) is 1. The van der Waals surface area contributed by atoms with Gasteiger partial charge in [-0.1, -0.05) is 12.1 Å². The van der Waals surface area contributed by atoms with E-state index in [0.717, 1.165) is 27.9 Å². The Hall–Kier alpha value is -3.92. The highest BCUT2D eigenvalue weighted by atomic mass is 16.5. The monoisotopic (exact) mass is 402 g/mol. The molecule has 0 saturated heterocycles. The SMILES string of the molecule is COc1cc(OC)cc([C@H]2C(C#N)=C(N)Oc3n[nH]c(-c4ccc(C)c(C)c4)c32)c1. The number of hydrogen-bond donors (Lipinski definition) is 2. The maximum Gasteiger partial charge on any atom is 0.244 e. The van der Waals surface area contributed by atoms with Crippen LogP contribution in [0.1, 0.15) is 28.2 Å². The smallest absolute Gasteiger partial charge is 0.244 e. The zero-order chi connectivity index (χ0) is 21.4. The van der Waals surface area contributed by atoms with Crippen molar-refractivity contribution in [3.8, 4) is 34.7 Å². The molecule has 0 aliphatic carbocycles. The Labute approximate surface area is 174 Å². The zero-order valence-electron chi connectivity index (χ0n) is 17.2. The van der Waals surface area contributed by atoms with Crippen LogP contribution in [-0.4, -0.2) is 24.4 Å². The van der Waals surface area contributed by atoms with Gasteiger partial charge in [0.2, 0.25) is 11.8 Å². The molecule has 0 amide bonds. The Balaban J connectivity index is 1.97. The molecule has 1 atom stereocenters. The molecule has 30 heavy (non-hydrogen) atoms. The second-order valence-electron chi connectivity index (χ2n) is 7.19. The van der Waals surface area contributed by atoms with Gasteiger partial charge in [-0.3, -0.25) is 5.10 Å². The molecule has 3 N–H and O–H groups in total. The standard InChI is InChI=1S/C23H22N4O3/c1-12-5-6-14(7-13(12)2)21-20-19(15-8-16(28-3)10-17(9-15)29-4)18(11-24)22(25)30-23(20)27-26-21/h5-10,19H,25H2,1-4H3,(H,26,27)/t19-/m0/s1. The summed E-state index contributed by atoms with van der Waals surface area (Å²) in [6, 6.07) is 13.9. The van der Waals surface area contributed by atoms with Gasteiger partial charge in [-0.15, -0.1) is 5.10 Å². The minimum atomic E-state index is -0.488. The van der Waals surface area contributed by atoms with Gasteiger partial charge in [-0.05, 0) is 48.7 Å². The molecule has 0 fully saturated rings. The van der Waals surface area contributed by atoms with Gasteiger partial charge in [-0.2, -0.15) is 5.26 Å². The van der Waals surface area contributed by atoms with Crippen LogP contribution in [0.3, 0.4) is 0 Å². The summed E-state index contributed by atoms with van der Waals surface area (Å²) in [5.74, 6) is 1.13. The summed E-state index contributed by atoms with van der Waals surface area (Å²) < 4.78 is 16.6. The van der Waals surface area contributed by atoms with E-state index in [2.05, 4.69) is 42.2 Å². The third kappa shape index (κ3) is 3.12. The molecule has 0 radical (unpaired) electrons.